The Labute approximate surface area is 189 Å². The normalized spacial score (nSPS) is 19.0. The van der Waals surface area contributed by atoms with Gasteiger partial charge in [0.15, 0.2) is 0 Å². The fraction of sp³-hybridized carbons (Fsp3) is 0.435. The molecule has 0 radical (unpaired) electrons. The van der Waals surface area contributed by atoms with Gasteiger partial charge in [0.1, 0.15) is 0 Å². The molecule has 0 spiro atoms. The van der Waals surface area contributed by atoms with Gasteiger partial charge in [-0.15, -0.1) is 0 Å². The van der Waals surface area contributed by atoms with Crippen molar-refractivity contribution in [1.82, 2.24) is 15.4 Å². The lowest BCUT2D eigenvalue weighted by atomic mass is 9.82. The standard InChI is InChI=1S/C23H30ClN3O3S/c24-21-10-12-22(13-11-21)31(29,30)27-17-20-8-6-19(7-9-20)16-26-23(28)25-15-14-18-4-2-1-3-5-18/h1-5,10-13,19-20,27H,6-9,14-17H2,(H2,25,26,28). The van der Waals surface area contributed by atoms with E-state index in [-0.39, 0.29) is 10.9 Å². The fourth-order valence-electron chi connectivity index (χ4n) is 3.83. The molecule has 31 heavy (non-hydrogen) atoms. The number of hydrogen-bond acceptors (Lipinski definition) is 3. The van der Waals surface area contributed by atoms with E-state index in [9.17, 15) is 13.2 Å². The Morgan fingerprint density at radius 3 is 2.13 bits per heavy atom. The van der Waals surface area contributed by atoms with E-state index < -0.39 is 10.0 Å². The molecule has 0 aliphatic heterocycles. The molecule has 0 saturated heterocycles. The topological polar surface area (TPSA) is 87.3 Å². The molecule has 3 rings (SSSR count). The smallest absolute Gasteiger partial charge is 0.314 e. The zero-order valence-electron chi connectivity index (χ0n) is 17.5. The number of amides is 2. The van der Waals surface area contributed by atoms with Crippen molar-refractivity contribution in [1.29, 1.82) is 0 Å². The van der Waals surface area contributed by atoms with Crippen molar-refractivity contribution in [3.63, 3.8) is 0 Å². The summed E-state index contributed by atoms with van der Waals surface area (Å²) in [5.41, 5.74) is 1.20. The Kier molecular flexibility index (Phi) is 8.75. The number of benzene rings is 2. The first-order chi connectivity index (χ1) is 14.9. The average molecular weight is 464 g/mol. The van der Waals surface area contributed by atoms with Crippen molar-refractivity contribution in [2.24, 2.45) is 11.8 Å². The van der Waals surface area contributed by atoms with Gasteiger partial charge in [-0.05, 0) is 73.8 Å². The molecule has 1 saturated carbocycles. The molecule has 1 aliphatic carbocycles. The Bertz CT molecular complexity index is 928. The van der Waals surface area contributed by atoms with E-state index in [0.29, 0.717) is 36.5 Å². The molecule has 0 bridgehead atoms. The van der Waals surface area contributed by atoms with E-state index in [1.54, 1.807) is 12.1 Å². The predicted octanol–water partition coefficient (Wildman–Crippen LogP) is 3.97. The Balaban J connectivity index is 1.30. The van der Waals surface area contributed by atoms with Crippen molar-refractivity contribution >= 4 is 27.7 Å². The summed E-state index contributed by atoms with van der Waals surface area (Å²) in [5.74, 6) is 0.752. The number of carbonyl (C=O) groups is 1. The summed E-state index contributed by atoms with van der Waals surface area (Å²) in [4.78, 5) is 12.2. The summed E-state index contributed by atoms with van der Waals surface area (Å²) in [6.07, 6.45) is 4.68. The third kappa shape index (κ3) is 7.83. The molecule has 0 atom stereocenters. The van der Waals surface area contributed by atoms with Gasteiger partial charge in [-0.1, -0.05) is 41.9 Å². The quantitative estimate of drug-likeness (QED) is 0.525. The van der Waals surface area contributed by atoms with Crippen molar-refractivity contribution in [3.8, 4) is 0 Å². The van der Waals surface area contributed by atoms with Crippen molar-refractivity contribution in [3.05, 3.63) is 65.2 Å². The molecule has 1 aliphatic rings. The molecule has 6 nitrogen and oxygen atoms in total. The van der Waals surface area contributed by atoms with E-state index in [2.05, 4.69) is 15.4 Å². The lowest BCUT2D eigenvalue weighted by Crippen LogP contribution is -2.40. The van der Waals surface area contributed by atoms with Gasteiger partial charge in [0, 0.05) is 24.7 Å². The first-order valence-electron chi connectivity index (χ1n) is 10.7. The van der Waals surface area contributed by atoms with E-state index in [1.165, 1.54) is 17.7 Å². The maximum absolute atomic E-state index is 12.4. The third-order valence-electron chi connectivity index (χ3n) is 5.75. The summed E-state index contributed by atoms with van der Waals surface area (Å²) in [6, 6.07) is 16.1. The Morgan fingerprint density at radius 1 is 0.871 bits per heavy atom. The van der Waals surface area contributed by atoms with Gasteiger partial charge in [-0.3, -0.25) is 0 Å². The molecule has 1 fully saturated rings. The summed E-state index contributed by atoms with van der Waals surface area (Å²) < 4.78 is 27.5. The molecule has 2 aromatic rings. The zero-order chi connectivity index (χ0) is 22.1. The minimum atomic E-state index is -3.51. The van der Waals surface area contributed by atoms with Gasteiger partial charge in [0.2, 0.25) is 10.0 Å². The highest BCUT2D eigenvalue weighted by atomic mass is 35.5. The molecule has 2 aromatic carbocycles. The van der Waals surface area contributed by atoms with Gasteiger partial charge in [0.25, 0.3) is 0 Å². The number of rotatable bonds is 9. The van der Waals surface area contributed by atoms with Crippen LogP contribution in [0.2, 0.25) is 5.02 Å². The monoisotopic (exact) mass is 463 g/mol. The third-order valence-corrected chi connectivity index (χ3v) is 7.44. The van der Waals surface area contributed by atoms with Crippen LogP contribution in [0.4, 0.5) is 4.79 Å². The van der Waals surface area contributed by atoms with Crippen LogP contribution in [0.15, 0.2) is 59.5 Å². The molecular weight excluding hydrogens is 434 g/mol. The maximum atomic E-state index is 12.4. The molecule has 2 amide bonds. The minimum absolute atomic E-state index is 0.131. The SMILES string of the molecule is O=C(NCCc1ccccc1)NCC1CCC(CNS(=O)(=O)c2ccc(Cl)cc2)CC1. The van der Waals surface area contributed by atoms with Crippen LogP contribution in [0.3, 0.4) is 0 Å². The second-order valence-electron chi connectivity index (χ2n) is 8.06. The number of carbonyl (C=O) groups excluding carboxylic acids is 1. The van der Waals surface area contributed by atoms with E-state index in [4.69, 9.17) is 11.6 Å². The van der Waals surface area contributed by atoms with Gasteiger partial charge >= 0.3 is 6.03 Å². The van der Waals surface area contributed by atoms with Crippen LogP contribution < -0.4 is 15.4 Å². The minimum Gasteiger partial charge on any atom is -0.338 e. The van der Waals surface area contributed by atoms with E-state index >= 15 is 0 Å². The van der Waals surface area contributed by atoms with E-state index in [0.717, 1.165) is 32.1 Å². The van der Waals surface area contributed by atoms with Crippen LogP contribution in [0.1, 0.15) is 31.2 Å². The number of hydrogen-bond donors (Lipinski definition) is 3. The van der Waals surface area contributed by atoms with Gasteiger partial charge in [-0.2, -0.15) is 0 Å². The maximum Gasteiger partial charge on any atom is 0.314 e. The number of nitrogens with one attached hydrogen (secondary N) is 3. The van der Waals surface area contributed by atoms with Gasteiger partial charge in [-0.25, -0.2) is 17.9 Å². The fourth-order valence-corrected chi connectivity index (χ4v) is 5.07. The molecule has 3 N–H and O–H groups in total. The molecule has 168 valence electrons. The van der Waals surface area contributed by atoms with Crippen LogP contribution in [0, 0.1) is 11.8 Å². The largest absolute Gasteiger partial charge is 0.338 e. The second-order valence-corrected chi connectivity index (χ2v) is 10.3. The number of urea groups is 1. The Hall–Kier alpha value is -2.09. The summed E-state index contributed by atoms with van der Waals surface area (Å²) >= 11 is 5.82. The summed E-state index contributed by atoms with van der Waals surface area (Å²) in [5, 5.41) is 6.37. The zero-order valence-corrected chi connectivity index (χ0v) is 19.1. The summed E-state index contributed by atoms with van der Waals surface area (Å²) in [6.45, 7) is 1.70. The van der Waals surface area contributed by atoms with Crippen LogP contribution >= 0.6 is 11.6 Å². The Morgan fingerprint density at radius 2 is 1.48 bits per heavy atom. The first kappa shape index (κ1) is 23.6. The van der Waals surface area contributed by atoms with Crippen molar-refractivity contribution in [2.75, 3.05) is 19.6 Å². The van der Waals surface area contributed by atoms with Crippen LogP contribution in [0.5, 0.6) is 0 Å². The predicted molar refractivity (Wildman–Crippen MR) is 124 cm³/mol. The number of sulfonamides is 1. The molecule has 8 heteroatoms. The van der Waals surface area contributed by atoms with Crippen LogP contribution in [-0.4, -0.2) is 34.1 Å². The van der Waals surface area contributed by atoms with Crippen LogP contribution in [-0.2, 0) is 16.4 Å². The summed E-state index contributed by atoms with van der Waals surface area (Å²) in [7, 11) is -3.51. The van der Waals surface area contributed by atoms with Crippen molar-refractivity contribution < 1.29 is 13.2 Å². The molecule has 0 unspecified atom stereocenters. The lowest BCUT2D eigenvalue weighted by Gasteiger charge is -2.28. The molecule has 0 aromatic heterocycles. The highest BCUT2D eigenvalue weighted by molar-refractivity contribution is 7.89. The average Bonchev–Trinajstić information content (AvgIpc) is 2.78. The molecule has 0 heterocycles. The van der Waals surface area contributed by atoms with Crippen molar-refractivity contribution in [2.45, 2.75) is 37.0 Å². The van der Waals surface area contributed by atoms with E-state index in [1.807, 2.05) is 30.3 Å². The first-order valence-corrected chi connectivity index (χ1v) is 12.6. The molecular formula is C23H30ClN3O3S. The highest BCUT2D eigenvalue weighted by Crippen LogP contribution is 2.28. The number of halogens is 1. The van der Waals surface area contributed by atoms with Gasteiger partial charge < -0.3 is 10.6 Å². The van der Waals surface area contributed by atoms with Crippen LogP contribution in [0.25, 0.3) is 0 Å². The second kappa shape index (κ2) is 11.5. The lowest BCUT2D eigenvalue weighted by molar-refractivity contribution is 0.231. The highest BCUT2D eigenvalue weighted by Gasteiger charge is 2.23. The van der Waals surface area contributed by atoms with Gasteiger partial charge in [0.05, 0.1) is 4.90 Å².